The smallest absolute Gasteiger partial charge is 0.296 e. The van der Waals surface area contributed by atoms with Crippen LogP contribution < -0.4 is 0 Å². The number of rotatable bonds is 3. The van der Waals surface area contributed by atoms with Gasteiger partial charge in [-0.15, -0.1) is 10.2 Å². The lowest BCUT2D eigenvalue weighted by Crippen LogP contribution is -1.95. The van der Waals surface area contributed by atoms with Crippen LogP contribution in [0.25, 0.3) is 10.9 Å². The molecular formula is C15H11N5O4. The number of azo groups is 1. The van der Waals surface area contributed by atoms with Crippen LogP contribution in [0, 0.1) is 17.0 Å². The summed E-state index contributed by atoms with van der Waals surface area (Å²) < 4.78 is 0. The molecule has 0 atom stereocenters. The summed E-state index contributed by atoms with van der Waals surface area (Å²) in [7, 11) is 0. The van der Waals surface area contributed by atoms with Gasteiger partial charge in [0.05, 0.1) is 16.0 Å². The summed E-state index contributed by atoms with van der Waals surface area (Å²) in [6, 6.07) is 7.21. The van der Waals surface area contributed by atoms with Crippen molar-refractivity contribution < 1.29 is 14.8 Å². The summed E-state index contributed by atoms with van der Waals surface area (Å²) in [4.78, 5) is 28.9. The number of carbonyl (C=O) groups is 1. The normalized spacial score (nSPS) is 11.2. The van der Waals surface area contributed by atoms with Crippen molar-refractivity contribution >= 4 is 28.2 Å². The number of aromatic hydroxyl groups is 1. The van der Waals surface area contributed by atoms with Crippen LogP contribution in [0.2, 0.25) is 0 Å². The van der Waals surface area contributed by atoms with E-state index in [1.165, 1.54) is 24.4 Å². The highest BCUT2D eigenvalue weighted by Crippen LogP contribution is 2.37. The molecule has 0 fully saturated rings. The van der Waals surface area contributed by atoms with Gasteiger partial charge in [-0.3, -0.25) is 19.9 Å². The number of benzene rings is 1. The fourth-order valence-electron chi connectivity index (χ4n) is 2.11. The number of aryl methyl sites for hydroxylation is 1. The molecule has 0 saturated carbocycles. The number of aromatic nitrogens is 2. The molecule has 2 heterocycles. The van der Waals surface area contributed by atoms with Crippen molar-refractivity contribution in [3.63, 3.8) is 0 Å². The van der Waals surface area contributed by atoms with Gasteiger partial charge in [0.2, 0.25) is 5.88 Å². The number of carbonyl (C=O) groups excluding carboxylic acids is 1. The molecule has 3 aromatic rings. The van der Waals surface area contributed by atoms with Gasteiger partial charge in [0.15, 0.2) is 5.69 Å². The van der Waals surface area contributed by atoms with Crippen LogP contribution in [0.1, 0.15) is 16.1 Å². The summed E-state index contributed by atoms with van der Waals surface area (Å²) in [5.74, 6) is -0.967. The Hall–Kier alpha value is -3.62. The molecule has 0 spiro atoms. The molecule has 0 aliphatic rings. The summed E-state index contributed by atoms with van der Waals surface area (Å²) in [5, 5.41) is 28.3. The molecule has 9 nitrogen and oxygen atoms in total. The zero-order valence-corrected chi connectivity index (χ0v) is 12.4. The predicted molar refractivity (Wildman–Crippen MR) is 84.4 cm³/mol. The number of nitro benzene ring substituents is 1. The SMILES string of the molecule is Cc1ccc(C(=O)N=Nc2c(O)[nH]c3ccc([N+](=O)[O-])cc23)cn1. The molecule has 0 radical (unpaired) electrons. The highest BCUT2D eigenvalue weighted by atomic mass is 16.6. The van der Waals surface area contributed by atoms with Gasteiger partial charge in [0.1, 0.15) is 0 Å². The minimum Gasteiger partial charge on any atom is -0.493 e. The number of aromatic amines is 1. The first-order valence-electron chi connectivity index (χ1n) is 6.83. The third-order valence-corrected chi connectivity index (χ3v) is 3.35. The predicted octanol–water partition coefficient (Wildman–Crippen LogP) is 3.41. The minimum atomic E-state index is -0.637. The maximum atomic E-state index is 12.0. The average Bonchev–Trinajstić information content (AvgIpc) is 2.87. The van der Waals surface area contributed by atoms with Crippen LogP contribution in [0.15, 0.2) is 46.8 Å². The first-order valence-corrected chi connectivity index (χ1v) is 6.83. The quantitative estimate of drug-likeness (QED) is 0.432. The number of H-pyrrole nitrogens is 1. The van der Waals surface area contributed by atoms with Crippen LogP contribution in [0.4, 0.5) is 11.4 Å². The molecule has 0 aliphatic carbocycles. The molecular weight excluding hydrogens is 314 g/mol. The number of hydrogen-bond acceptors (Lipinski definition) is 6. The van der Waals surface area contributed by atoms with E-state index in [0.717, 1.165) is 5.69 Å². The van der Waals surface area contributed by atoms with Gasteiger partial charge in [0.25, 0.3) is 11.6 Å². The Bertz CT molecular complexity index is 975. The number of pyridine rings is 1. The highest BCUT2D eigenvalue weighted by molar-refractivity contribution is 5.97. The van der Waals surface area contributed by atoms with Gasteiger partial charge in [-0.2, -0.15) is 0 Å². The molecule has 24 heavy (non-hydrogen) atoms. The maximum Gasteiger partial charge on any atom is 0.296 e. The van der Waals surface area contributed by atoms with Crippen LogP contribution >= 0.6 is 0 Å². The van der Waals surface area contributed by atoms with Crippen LogP contribution in [0.3, 0.4) is 0 Å². The third kappa shape index (κ3) is 2.82. The highest BCUT2D eigenvalue weighted by Gasteiger charge is 2.15. The van der Waals surface area contributed by atoms with Gasteiger partial charge in [-0.05, 0) is 25.1 Å². The summed E-state index contributed by atoms with van der Waals surface area (Å²) >= 11 is 0. The second-order valence-corrected chi connectivity index (χ2v) is 5.00. The Morgan fingerprint density at radius 1 is 1.33 bits per heavy atom. The average molecular weight is 325 g/mol. The fraction of sp³-hybridized carbons (Fsp3) is 0.0667. The molecule has 0 aliphatic heterocycles. The molecule has 0 saturated heterocycles. The Kier molecular flexibility index (Phi) is 3.74. The second kappa shape index (κ2) is 5.88. The first kappa shape index (κ1) is 15.3. The molecule has 2 aromatic heterocycles. The van der Waals surface area contributed by atoms with Crippen LogP contribution in [-0.4, -0.2) is 25.9 Å². The zero-order chi connectivity index (χ0) is 17.3. The van der Waals surface area contributed by atoms with Gasteiger partial charge >= 0.3 is 0 Å². The van der Waals surface area contributed by atoms with E-state index in [2.05, 4.69) is 20.2 Å². The molecule has 2 N–H and O–H groups in total. The van der Waals surface area contributed by atoms with Crippen molar-refractivity contribution in [3.8, 4) is 5.88 Å². The topological polar surface area (TPSA) is 134 Å². The maximum absolute atomic E-state index is 12.0. The van der Waals surface area contributed by atoms with E-state index in [-0.39, 0.29) is 22.8 Å². The Balaban J connectivity index is 1.98. The minimum absolute atomic E-state index is 0.0397. The van der Waals surface area contributed by atoms with Crippen molar-refractivity contribution in [1.29, 1.82) is 0 Å². The van der Waals surface area contributed by atoms with Gasteiger partial charge in [-0.1, -0.05) is 0 Å². The first-order chi connectivity index (χ1) is 11.5. The van der Waals surface area contributed by atoms with Crippen molar-refractivity contribution in [2.24, 2.45) is 10.2 Å². The molecule has 120 valence electrons. The molecule has 0 unspecified atom stereocenters. The van der Waals surface area contributed by atoms with Gasteiger partial charge < -0.3 is 10.1 Å². The largest absolute Gasteiger partial charge is 0.493 e. The number of nitrogens with zero attached hydrogens (tertiary/aromatic N) is 4. The van der Waals surface area contributed by atoms with E-state index < -0.39 is 10.8 Å². The van der Waals surface area contributed by atoms with Crippen LogP contribution in [-0.2, 0) is 0 Å². The molecule has 9 heteroatoms. The van der Waals surface area contributed by atoms with E-state index in [9.17, 15) is 20.0 Å². The van der Waals surface area contributed by atoms with E-state index >= 15 is 0 Å². The van der Waals surface area contributed by atoms with E-state index in [1.807, 2.05) is 0 Å². The van der Waals surface area contributed by atoms with E-state index in [4.69, 9.17) is 0 Å². The zero-order valence-electron chi connectivity index (χ0n) is 12.4. The summed E-state index contributed by atoms with van der Waals surface area (Å²) in [6.07, 6.45) is 1.37. The number of amides is 1. The number of non-ortho nitro benzene ring substituents is 1. The Morgan fingerprint density at radius 2 is 2.12 bits per heavy atom. The van der Waals surface area contributed by atoms with E-state index in [1.54, 1.807) is 19.1 Å². The standard InChI is InChI=1S/C15H11N5O4/c1-8-2-3-9(7-16-8)14(21)19-18-13-11-6-10(20(23)24)4-5-12(11)17-15(13)22/h2-7,17,22H,1H3. The number of nitrogens with one attached hydrogen (secondary N) is 1. The fourth-order valence-corrected chi connectivity index (χ4v) is 2.11. The second-order valence-electron chi connectivity index (χ2n) is 5.00. The Labute approximate surface area is 134 Å². The summed E-state index contributed by atoms with van der Waals surface area (Å²) in [6.45, 7) is 1.78. The van der Waals surface area contributed by atoms with Gasteiger partial charge in [-0.25, -0.2) is 0 Å². The van der Waals surface area contributed by atoms with Crippen LogP contribution in [0.5, 0.6) is 5.88 Å². The number of nitro groups is 1. The van der Waals surface area contributed by atoms with Crippen molar-refractivity contribution in [1.82, 2.24) is 9.97 Å². The molecule has 1 aromatic carbocycles. The Morgan fingerprint density at radius 3 is 2.79 bits per heavy atom. The lowest BCUT2D eigenvalue weighted by molar-refractivity contribution is -0.384. The van der Waals surface area contributed by atoms with E-state index in [0.29, 0.717) is 10.9 Å². The van der Waals surface area contributed by atoms with Crippen molar-refractivity contribution in [3.05, 3.63) is 57.9 Å². The van der Waals surface area contributed by atoms with Gasteiger partial charge in [0, 0.05) is 29.4 Å². The monoisotopic (exact) mass is 325 g/mol. The lowest BCUT2D eigenvalue weighted by atomic mass is 10.2. The molecule has 0 bridgehead atoms. The lowest BCUT2D eigenvalue weighted by Gasteiger charge is -1.95. The van der Waals surface area contributed by atoms with Crippen molar-refractivity contribution in [2.75, 3.05) is 0 Å². The molecule has 3 rings (SSSR count). The molecule has 1 amide bonds. The number of fused-ring (bicyclic) bond motifs is 1. The third-order valence-electron chi connectivity index (χ3n) is 3.35. The van der Waals surface area contributed by atoms with Crippen molar-refractivity contribution in [2.45, 2.75) is 6.92 Å². The summed E-state index contributed by atoms with van der Waals surface area (Å²) in [5.41, 5.74) is 1.24. The number of hydrogen-bond donors (Lipinski definition) is 2.